The standard InChI is InChI=1S/C36H22N2OS.C36H22N2S2.C30H18N2OS/c1-2-9-23(10-3-1)24-12-8-13-27(19-24)36-37-30(22-31(38-36)35-21-26-11-4-7-16-34(26)40-35)25-17-18-33-29(20-25)28-14-5-6-15-32(28)39-33;1-2-8-23(9-3-1)24-14-16-25(17-15-24)36-37-30(22-31(38-36)35-21-27-10-4-6-12-32(27)39-35)26-18-19-34-29(20-26)28-11-5-7-13-33(28)40-34;1-2-8-19(9-3-1)30-31-24(18-25(32-30)29-17-21-10-4-7-13-28(21)34-29)20-14-15-27-23(16-20)22-11-5-6-12-26(22)33-27/h2*1-22H;1-18H. The summed E-state index contributed by atoms with van der Waals surface area (Å²) in [5, 5.41) is 10.7. The second-order valence-electron chi connectivity index (χ2n) is 28.0. The Morgan fingerprint density at radius 1 is 0.167 bits per heavy atom. The van der Waals surface area contributed by atoms with Gasteiger partial charge in [0.15, 0.2) is 17.5 Å². The molecule has 0 N–H and O–H groups in total. The number of para-hydroxylation sites is 2. The van der Waals surface area contributed by atoms with E-state index < -0.39 is 0 Å². The fourth-order valence-corrected chi connectivity index (χ4v) is 19.2. The molecule has 0 unspecified atom stereocenters. The van der Waals surface area contributed by atoms with Crippen molar-refractivity contribution < 1.29 is 8.83 Å². The minimum Gasteiger partial charge on any atom is -0.456 e. The van der Waals surface area contributed by atoms with Gasteiger partial charge in [-0.1, -0.05) is 249 Å². The van der Waals surface area contributed by atoms with Gasteiger partial charge in [0.2, 0.25) is 0 Å². The Labute approximate surface area is 671 Å². The van der Waals surface area contributed by atoms with Crippen molar-refractivity contribution in [3.8, 4) is 122 Å². The number of nitrogens with zero attached hydrogens (tertiary/aromatic N) is 6. The summed E-state index contributed by atoms with van der Waals surface area (Å²) in [6.07, 6.45) is 0. The van der Waals surface area contributed by atoms with Gasteiger partial charge in [-0.3, -0.25) is 0 Å². The summed E-state index contributed by atoms with van der Waals surface area (Å²) >= 11 is 7.13. The first-order chi connectivity index (χ1) is 56.4. The average Bonchev–Trinajstić information content (AvgIpc) is 1.54. The van der Waals surface area contributed by atoms with E-state index in [0.29, 0.717) is 5.82 Å². The molecule has 23 rings (SSSR count). The van der Waals surface area contributed by atoms with Crippen LogP contribution in [0, 0.1) is 0 Å². The maximum absolute atomic E-state index is 6.09. The number of hydrogen-bond donors (Lipinski definition) is 0. The summed E-state index contributed by atoms with van der Waals surface area (Å²) in [4.78, 5) is 33.8. The molecule has 9 heterocycles. The van der Waals surface area contributed by atoms with Crippen LogP contribution < -0.4 is 0 Å². The van der Waals surface area contributed by atoms with Gasteiger partial charge in [-0.05, 0) is 166 Å². The number of fused-ring (bicyclic) bond motifs is 12. The van der Waals surface area contributed by atoms with E-state index in [1.165, 1.54) is 67.1 Å². The van der Waals surface area contributed by atoms with Gasteiger partial charge in [0.1, 0.15) is 22.3 Å². The van der Waals surface area contributed by atoms with Crippen LogP contribution in [0.1, 0.15) is 0 Å². The third kappa shape index (κ3) is 13.3. The Kier molecular flexibility index (Phi) is 17.5. The molecule has 114 heavy (non-hydrogen) atoms. The largest absolute Gasteiger partial charge is 0.456 e. The smallest absolute Gasteiger partial charge is 0.160 e. The molecule has 0 saturated carbocycles. The van der Waals surface area contributed by atoms with Crippen molar-refractivity contribution in [2.24, 2.45) is 0 Å². The van der Waals surface area contributed by atoms with Crippen molar-refractivity contribution >= 4 is 140 Å². The SMILES string of the molecule is c1ccc(-c2ccc(-c3nc(-c4ccc5sc6ccccc6c5c4)cc(-c4cc5ccccc5s4)n3)cc2)cc1.c1ccc(-c2cccc(-c3nc(-c4ccc5oc6ccccc6c5c4)cc(-c4cc5ccccc5s4)n3)c2)cc1.c1ccc(-c2nc(-c3ccc4oc5ccccc5c4c3)cc(-c3cc4ccccc4s3)n2)cc1. The number of rotatable bonds is 11. The molecule has 536 valence electrons. The molecule has 9 aromatic heterocycles. The van der Waals surface area contributed by atoms with Gasteiger partial charge in [0, 0.05) is 89.2 Å². The summed E-state index contributed by atoms with van der Waals surface area (Å²) in [5.41, 5.74) is 19.9. The molecule has 0 bridgehead atoms. The van der Waals surface area contributed by atoms with Crippen LogP contribution in [0.4, 0.5) is 0 Å². The molecule has 0 atom stereocenters. The van der Waals surface area contributed by atoms with Gasteiger partial charge in [-0.15, -0.1) is 45.3 Å². The predicted molar refractivity (Wildman–Crippen MR) is 479 cm³/mol. The second-order valence-corrected chi connectivity index (χ2v) is 32.4. The Bertz CT molecular complexity index is 7470. The third-order valence-corrected chi connectivity index (χ3v) is 25.3. The lowest BCUT2D eigenvalue weighted by molar-refractivity contribution is 0.668. The van der Waals surface area contributed by atoms with Gasteiger partial charge < -0.3 is 8.83 Å². The molecule has 0 aliphatic carbocycles. The molecule has 12 heteroatoms. The van der Waals surface area contributed by atoms with E-state index in [0.717, 1.165) is 143 Å². The van der Waals surface area contributed by atoms with Crippen LogP contribution in [0.5, 0.6) is 0 Å². The summed E-state index contributed by atoms with van der Waals surface area (Å²) in [6, 6.07) is 131. The molecule has 0 saturated heterocycles. The van der Waals surface area contributed by atoms with Crippen LogP contribution in [0.3, 0.4) is 0 Å². The van der Waals surface area contributed by atoms with Crippen LogP contribution in [0.15, 0.2) is 385 Å². The number of hydrogen-bond acceptors (Lipinski definition) is 12. The van der Waals surface area contributed by atoms with Crippen molar-refractivity contribution in [3.63, 3.8) is 0 Å². The minimum atomic E-state index is 0.708. The summed E-state index contributed by atoms with van der Waals surface area (Å²) in [5.74, 6) is 2.17. The highest BCUT2D eigenvalue weighted by atomic mass is 32.1. The molecular weight excluding hydrogens is 1470 g/mol. The molecule has 0 fully saturated rings. The zero-order chi connectivity index (χ0) is 75.4. The molecule has 0 spiro atoms. The highest BCUT2D eigenvalue weighted by Crippen LogP contribution is 2.43. The highest BCUT2D eigenvalue weighted by Gasteiger charge is 2.20. The van der Waals surface area contributed by atoms with E-state index >= 15 is 0 Å². The molecule has 0 aliphatic heterocycles. The molecule has 8 nitrogen and oxygen atoms in total. The molecule has 23 aromatic rings. The summed E-state index contributed by atoms with van der Waals surface area (Å²) in [6.45, 7) is 0. The van der Waals surface area contributed by atoms with Crippen LogP contribution in [0.2, 0.25) is 0 Å². The lowest BCUT2D eigenvalue weighted by Crippen LogP contribution is -1.95. The number of thiophene rings is 4. The first-order valence-corrected chi connectivity index (χ1v) is 40.9. The number of aromatic nitrogens is 6. The van der Waals surface area contributed by atoms with Crippen LogP contribution in [-0.4, -0.2) is 29.9 Å². The van der Waals surface area contributed by atoms with Crippen LogP contribution in [0.25, 0.3) is 216 Å². The molecular formula is C102H62N6O2S4. The highest BCUT2D eigenvalue weighted by molar-refractivity contribution is 7.26. The predicted octanol–water partition coefficient (Wildman–Crippen LogP) is 29.6. The van der Waals surface area contributed by atoms with Gasteiger partial charge >= 0.3 is 0 Å². The lowest BCUT2D eigenvalue weighted by Gasteiger charge is -2.10. The maximum Gasteiger partial charge on any atom is 0.160 e. The van der Waals surface area contributed by atoms with Crippen molar-refractivity contribution in [1.82, 2.24) is 29.9 Å². The van der Waals surface area contributed by atoms with Gasteiger partial charge in [0.25, 0.3) is 0 Å². The van der Waals surface area contributed by atoms with Gasteiger partial charge in [-0.25, -0.2) is 29.9 Å². The van der Waals surface area contributed by atoms with E-state index in [9.17, 15) is 0 Å². The normalized spacial score (nSPS) is 11.5. The van der Waals surface area contributed by atoms with Crippen molar-refractivity contribution in [2.75, 3.05) is 0 Å². The molecule has 14 aromatic carbocycles. The van der Waals surface area contributed by atoms with E-state index in [1.54, 1.807) is 34.0 Å². The number of furan rings is 2. The fraction of sp³-hybridized carbons (Fsp3) is 0. The molecule has 0 amide bonds. The summed E-state index contributed by atoms with van der Waals surface area (Å²) in [7, 11) is 0. The number of benzene rings is 14. The maximum atomic E-state index is 6.09. The van der Waals surface area contributed by atoms with Crippen molar-refractivity contribution in [1.29, 1.82) is 0 Å². The van der Waals surface area contributed by atoms with Gasteiger partial charge in [0.05, 0.1) is 48.8 Å². The van der Waals surface area contributed by atoms with E-state index in [-0.39, 0.29) is 0 Å². The lowest BCUT2D eigenvalue weighted by atomic mass is 10.0. The molecule has 0 aliphatic rings. The Hall–Kier alpha value is -14.0. The quantitative estimate of drug-likeness (QED) is 0.126. The second kappa shape index (κ2) is 29.4. The van der Waals surface area contributed by atoms with E-state index in [1.807, 2.05) is 90.2 Å². The zero-order valence-corrected chi connectivity index (χ0v) is 64.2. The van der Waals surface area contributed by atoms with Crippen LogP contribution in [-0.2, 0) is 0 Å². The fourth-order valence-electron chi connectivity index (χ4n) is 15.0. The summed E-state index contributed by atoms with van der Waals surface area (Å²) < 4.78 is 18.5. The third-order valence-electron chi connectivity index (χ3n) is 20.7. The Morgan fingerprint density at radius 3 is 0.965 bits per heavy atom. The van der Waals surface area contributed by atoms with Crippen molar-refractivity contribution in [3.05, 3.63) is 376 Å². The zero-order valence-electron chi connectivity index (χ0n) is 60.9. The minimum absolute atomic E-state index is 0.708. The monoisotopic (exact) mass is 1530 g/mol. The van der Waals surface area contributed by atoms with Gasteiger partial charge in [-0.2, -0.15) is 0 Å². The Balaban J connectivity index is 0.000000108. The first kappa shape index (κ1) is 68.1. The van der Waals surface area contributed by atoms with E-state index in [2.05, 4.69) is 297 Å². The first-order valence-electron chi connectivity index (χ1n) is 37.6. The van der Waals surface area contributed by atoms with E-state index in [4.69, 9.17) is 38.7 Å². The molecule has 0 radical (unpaired) electrons. The topological polar surface area (TPSA) is 104 Å². The van der Waals surface area contributed by atoms with Crippen LogP contribution >= 0.6 is 45.3 Å². The Morgan fingerprint density at radius 2 is 0.482 bits per heavy atom. The van der Waals surface area contributed by atoms with Crippen molar-refractivity contribution in [2.45, 2.75) is 0 Å². The average molecular weight is 1530 g/mol.